The number of ether oxygens (including phenoxy) is 1. The Kier molecular flexibility index (Phi) is 5.13. The highest BCUT2D eigenvalue weighted by Crippen LogP contribution is 2.24. The van der Waals surface area contributed by atoms with Crippen LogP contribution in [-0.2, 0) is 6.54 Å². The van der Waals surface area contributed by atoms with E-state index in [1.54, 1.807) is 24.5 Å². The van der Waals surface area contributed by atoms with Crippen molar-refractivity contribution < 1.29 is 4.74 Å². The van der Waals surface area contributed by atoms with Crippen molar-refractivity contribution in [3.63, 3.8) is 0 Å². The van der Waals surface area contributed by atoms with Gasteiger partial charge in [-0.1, -0.05) is 18.5 Å². The summed E-state index contributed by atoms with van der Waals surface area (Å²) in [5, 5.41) is 3.81. The lowest BCUT2D eigenvalue weighted by Gasteiger charge is -2.08. The molecule has 0 atom stereocenters. The van der Waals surface area contributed by atoms with Crippen LogP contribution in [0.5, 0.6) is 11.6 Å². The number of pyridine rings is 2. The molecule has 0 saturated carbocycles. The summed E-state index contributed by atoms with van der Waals surface area (Å²) in [5.74, 6) is 1.12. The normalized spacial score (nSPS) is 10.5. The molecule has 0 aliphatic heterocycles. The number of rotatable bonds is 5. The van der Waals surface area contributed by atoms with Gasteiger partial charge in [-0.15, -0.1) is 0 Å². The highest BCUT2D eigenvalue weighted by Gasteiger charge is 2.06. The van der Waals surface area contributed by atoms with Crippen LogP contribution in [0.15, 0.2) is 35.1 Å². The van der Waals surface area contributed by atoms with Crippen LogP contribution < -0.4 is 10.1 Å². The molecule has 2 aromatic heterocycles. The van der Waals surface area contributed by atoms with Gasteiger partial charge in [-0.25, -0.2) is 4.98 Å². The van der Waals surface area contributed by atoms with Crippen molar-refractivity contribution in [3.8, 4) is 11.6 Å². The Labute approximate surface area is 125 Å². The molecule has 2 rings (SSSR count). The number of hydrogen-bond donors (Lipinski definition) is 1. The molecular formula is C13H13BrClN3O. The second-order valence-electron chi connectivity index (χ2n) is 3.80. The molecule has 0 aliphatic carbocycles. The van der Waals surface area contributed by atoms with Gasteiger partial charge in [0.15, 0.2) is 0 Å². The highest BCUT2D eigenvalue weighted by molar-refractivity contribution is 9.10. The van der Waals surface area contributed by atoms with Gasteiger partial charge < -0.3 is 10.1 Å². The number of aromatic nitrogens is 2. The number of nitrogens with one attached hydrogen (secondary N) is 1. The maximum Gasteiger partial charge on any atom is 0.219 e. The van der Waals surface area contributed by atoms with Crippen molar-refractivity contribution in [1.82, 2.24) is 15.3 Å². The third-order valence-electron chi connectivity index (χ3n) is 2.34. The minimum absolute atomic E-state index is 0.497. The molecule has 1 N–H and O–H groups in total. The molecule has 0 aromatic carbocycles. The SMILES string of the molecule is CCNCc1nc(Oc2cncc(Br)c2)ccc1Cl. The van der Waals surface area contributed by atoms with Crippen LogP contribution in [-0.4, -0.2) is 16.5 Å². The van der Waals surface area contributed by atoms with Crippen molar-refractivity contribution in [2.45, 2.75) is 13.5 Å². The molecule has 0 radical (unpaired) electrons. The van der Waals surface area contributed by atoms with Crippen LogP contribution in [0.25, 0.3) is 0 Å². The fourth-order valence-electron chi connectivity index (χ4n) is 1.46. The molecular weight excluding hydrogens is 330 g/mol. The van der Waals surface area contributed by atoms with Crippen molar-refractivity contribution in [2.75, 3.05) is 6.54 Å². The van der Waals surface area contributed by atoms with Gasteiger partial charge in [-0.05, 0) is 34.6 Å². The molecule has 0 aliphatic rings. The smallest absolute Gasteiger partial charge is 0.219 e. The summed E-state index contributed by atoms with van der Waals surface area (Å²) in [7, 11) is 0. The molecule has 0 unspecified atom stereocenters. The van der Waals surface area contributed by atoms with E-state index in [2.05, 4.69) is 31.2 Å². The minimum atomic E-state index is 0.497. The van der Waals surface area contributed by atoms with Crippen molar-refractivity contribution in [1.29, 1.82) is 0 Å². The maximum atomic E-state index is 6.08. The molecule has 0 fully saturated rings. The molecule has 0 spiro atoms. The van der Waals surface area contributed by atoms with Crippen LogP contribution >= 0.6 is 27.5 Å². The Morgan fingerprint density at radius 1 is 1.37 bits per heavy atom. The summed E-state index contributed by atoms with van der Waals surface area (Å²) in [4.78, 5) is 8.41. The minimum Gasteiger partial charge on any atom is -0.437 e. The average molecular weight is 343 g/mol. The van der Waals surface area contributed by atoms with E-state index in [-0.39, 0.29) is 0 Å². The first kappa shape index (κ1) is 14.2. The van der Waals surface area contributed by atoms with Crippen molar-refractivity contribution in [3.05, 3.63) is 45.8 Å². The second-order valence-corrected chi connectivity index (χ2v) is 5.12. The Hall–Kier alpha value is -1.17. The molecule has 100 valence electrons. The first-order valence-electron chi connectivity index (χ1n) is 5.83. The molecule has 0 amide bonds. The van der Waals surface area contributed by atoms with E-state index in [1.165, 1.54) is 0 Å². The highest BCUT2D eigenvalue weighted by atomic mass is 79.9. The van der Waals surface area contributed by atoms with E-state index in [4.69, 9.17) is 16.3 Å². The topological polar surface area (TPSA) is 47.0 Å². The molecule has 2 aromatic rings. The Balaban J connectivity index is 2.16. The second kappa shape index (κ2) is 6.84. The van der Waals surface area contributed by atoms with Gasteiger partial charge in [0.05, 0.1) is 16.9 Å². The first-order valence-corrected chi connectivity index (χ1v) is 7.00. The molecule has 4 nitrogen and oxygen atoms in total. The van der Waals surface area contributed by atoms with Gasteiger partial charge in [-0.3, -0.25) is 4.98 Å². The van der Waals surface area contributed by atoms with E-state index in [0.29, 0.717) is 23.2 Å². The summed E-state index contributed by atoms with van der Waals surface area (Å²) >= 11 is 9.42. The molecule has 2 heterocycles. The number of nitrogens with zero attached hydrogens (tertiary/aromatic N) is 2. The van der Waals surface area contributed by atoms with E-state index in [9.17, 15) is 0 Å². The number of hydrogen-bond acceptors (Lipinski definition) is 4. The lowest BCUT2D eigenvalue weighted by Crippen LogP contribution is -2.13. The van der Waals surface area contributed by atoms with Gasteiger partial charge in [0, 0.05) is 23.3 Å². The van der Waals surface area contributed by atoms with Crippen LogP contribution in [0.2, 0.25) is 5.02 Å². The molecule has 0 saturated heterocycles. The van der Waals surface area contributed by atoms with E-state index >= 15 is 0 Å². The molecule has 19 heavy (non-hydrogen) atoms. The summed E-state index contributed by atoms with van der Waals surface area (Å²) in [5.41, 5.74) is 0.768. The van der Waals surface area contributed by atoms with Crippen molar-refractivity contribution >= 4 is 27.5 Å². The Bertz CT molecular complexity index is 565. The van der Waals surface area contributed by atoms with E-state index in [0.717, 1.165) is 16.7 Å². The summed E-state index contributed by atoms with van der Waals surface area (Å²) in [6.07, 6.45) is 3.32. The molecule has 6 heteroatoms. The Morgan fingerprint density at radius 2 is 2.21 bits per heavy atom. The zero-order chi connectivity index (χ0) is 13.7. The van der Waals surface area contributed by atoms with Gasteiger partial charge in [0.25, 0.3) is 0 Å². The van der Waals surface area contributed by atoms with Crippen LogP contribution in [0, 0.1) is 0 Å². The quantitative estimate of drug-likeness (QED) is 0.898. The Morgan fingerprint density at radius 3 is 2.95 bits per heavy atom. The fourth-order valence-corrected chi connectivity index (χ4v) is 1.97. The van der Waals surface area contributed by atoms with Gasteiger partial charge in [0.1, 0.15) is 5.75 Å². The predicted molar refractivity (Wildman–Crippen MR) is 78.6 cm³/mol. The van der Waals surface area contributed by atoms with E-state index in [1.807, 2.05) is 13.0 Å². The maximum absolute atomic E-state index is 6.08. The van der Waals surface area contributed by atoms with Gasteiger partial charge >= 0.3 is 0 Å². The van der Waals surface area contributed by atoms with E-state index < -0.39 is 0 Å². The third-order valence-corrected chi connectivity index (χ3v) is 3.12. The lowest BCUT2D eigenvalue weighted by atomic mass is 10.3. The monoisotopic (exact) mass is 341 g/mol. The standard InChI is InChI=1S/C13H13BrClN3O/c1-2-16-8-12-11(15)3-4-13(18-12)19-10-5-9(14)6-17-7-10/h3-7,16H,2,8H2,1H3. The summed E-state index contributed by atoms with van der Waals surface area (Å²) in [6, 6.07) is 5.34. The van der Waals surface area contributed by atoms with Gasteiger partial charge in [-0.2, -0.15) is 0 Å². The van der Waals surface area contributed by atoms with Crippen LogP contribution in [0.4, 0.5) is 0 Å². The third kappa shape index (κ3) is 4.16. The lowest BCUT2D eigenvalue weighted by molar-refractivity contribution is 0.457. The summed E-state index contributed by atoms with van der Waals surface area (Å²) < 4.78 is 6.50. The molecule has 0 bridgehead atoms. The van der Waals surface area contributed by atoms with Crippen LogP contribution in [0.3, 0.4) is 0 Å². The zero-order valence-electron chi connectivity index (χ0n) is 10.4. The predicted octanol–water partition coefficient (Wildman–Crippen LogP) is 3.79. The first-order chi connectivity index (χ1) is 9.19. The zero-order valence-corrected chi connectivity index (χ0v) is 12.7. The number of halogens is 2. The van der Waals surface area contributed by atoms with Crippen molar-refractivity contribution in [2.24, 2.45) is 0 Å². The van der Waals surface area contributed by atoms with Gasteiger partial charge in [0.2, 0.25) is 5.88 Å². The largest absolute Gasteiger partial charge is 0.437 e. The fraction of sp³-hybridized carbons (Fsp3) is 0.231. The van der Waals surface area contributed by atoms with Crippen LogP contribution in [0.1, 0.15) is 12.6 Å². The average Bonchev–Trinajstić information content (AvgIpc) is 2.39. The summed E-state index contributed by atoms with van der Waals surface area (Å²) in [6.45, 7) is 3.50.